The number of benzene rings is 1. The Morgan fingerprint density at radius 3 is 2.84 bits per heavy atom. The van der Waals surface area contributed by atoms with Crippen molar-refractivity contribution in [2.24, 2.45) is 10.6 Å². The first-order chi connectivity index (χ1) is 15.0. The van der Waals surface area contributed by atoms with E-state index in [2.05, 4.69) is 46.8 Å². The average molecular weight is 534 g/mol. The smallest absolute Gasteiger partial charge is 0.279 e. The maximum absolute atomic E-state index is 13.5. The summed E-state index contributed by atoms with van der Waals surface area (Å²) in [6.07, 6.45) is 0.641. The Morgan fingerprint density at radius 1 is 1.44 bits per heavy atom. The van der Waals surface area contributed by atoms with Crippen LogP contribution in [0.4, 0.5) is 15.9 Å². The summed E-state index contributed by atoms with van der Waals surface area (Å²) in [6.45, 7) is 6.61. The maximum Gasteiger partial charge on any atom is 0.279 e. The molecule has 1 aliphatic rings. The van der Waals surface area contributed by atoms with Crippen molar-refractivity contribution in [3.63, 3.8) is 0 Å². The van der Waals surface area contributed by atoms with Gasteiger partial charge in [-0.05, 0) is 70.1 Å². The number of anilines is 2. The summed E-state index contributed by atoms with van der Waals surface area (Å²) in [7, 11) is -3.55. The van der Waals surface area contributed by atoms with E-state index in [4.69, 9.17) is 4.63 Å². The number of rotatable bonds is 8. The van der Waals surface area contributed by atoms with E-state index >= 15 is 0 Å². The van der Waals surface area contributed by atoms with Crippen molar-refractivity contribution in [1.29, 1.82) is 0 Å². The van der Waals surface area contributed by atoms with Crippen molar-refractivity contribution in [3.8, 4) is 0 Å². The molecular weight excluding hydrogens is 509 g/mol. The Balaban J connectivity index is 1.67. The highest BCUT2D eigenvalue weighted by Crippen LogP contribution is 2.32. The first-order valence-electron chi connectivity index (χ1n) is 9.81. The Labute approximate surface area is 193 Å². The van der Waals surface area contributed by atoms with Crippen LogP contribution in [0.5, 0.6) is 0 Å². The minimum absolute atomic E-state index is 0.0610. The van der Waals surface area contributed by atoms with E-state index in [0.29, 0.717) is 31.7 Å². The van der Waals surface area contributed by atoms with E-state index < -0.39 is 16.0 Å². The van der Waals surface area contributed by atoms with E-state index in [-0.39, 0.29) is 33.3 Å². The molecule has 14 heteroatoms. The molecule has 11 nitrogen and oxygen atoms in total. The molecule has 0 radical (unpaired) electrons. The van der Waals surface area contributed by atoms with Gasteiger partial charge in [-0.15, -0.1) is 0 Å². The van der Waals surface area contributed by atoms with E-state index in [1.807, 2.05) is 6.92 Å². The Morgan fingerprint density at radius 2 is 2.19 bits per heavy atom. The summed E-state index contributed by atoms with van der Waals surface area (Å²) in [5.41, 5.74) is 0.190. The van der Waals surface area contributed by atoms with Crippen LogP contribution in [0.25, 0.3) is 0 Å². The Hall–Kier alpha value is -2.29. The minimum Gasteiger partial charge on any atom is -0.409 e. The third-order valence-corrected chi connectivity index (χ3v) is 7.29. The van der Waals surface area contributed by atoms with Crippen molar-refractivity contribution in [2.75, 3.05) is 30.3 Å². The SMILES string of the molecule is CC(C)NS(=O)(=O)N1CCC(C)(CNc2nonc2/C(=N/O)Nc2ccc(F)c(Br)c2)C1. The van der Waals surface area contributed by atoms with Gasteiger partial charge in [0.25, 0.3) is 10.2 Å². The Kier molecular flexibility index (Phi) is 7.37. The molecule has 1 saturated heterocycles. The standard InChI is InChI=1S/C18H25BrFN7O4S/c1-11(2)26-32(29,30)27-7-6-18(3,10-27)9-21-16-15(24-31-25-16)17(23-28)22-12-4-5-14(20)13(19)8-12/h4-5,8,11,26,28H,6-7,9-10H2,1-3H3,(H,21,25)(H,22,23). The molecule has 1 aliphatic heterocycles. The lowest BCUT2D eigenvalue weighted by Crippen LogP contribution is -2.43. The molecule has 2 heterocycles. The van der Waals surface area contributed by atoms with Crippen molar-refractivity contribution < 1.29 is 22.6 Å². The molecule has 1 unspecified atom stereocenters. The summed E-state index contributed by atoms with van der Waals surface area (Å²) >= 11 is 3.09. The molecule has 0 saturated carbocycles. The predicted molar refractivity (Wildman–Crippen MR) is 120 cm³/mol. The van der Waals surface area contributed by atoms with Gasteiger partial charge in [0.15, 0.2) is 5.69 Å². The number of nitrogens with zero attached hydrogens (tertiary/aromatic N) is 4. The third-order valence-electron chi connectivity index (χ3n) is 4.93. The molecular formula is C18H25BrFN7O4S. The Bertz CT molecular complexity index is 1090. The van der Waals surface area contributed by atoms with Gasteiger partial charge in [0.2, 0.25) is 11.7 Å². The normalized spacial score (nSPS) is 20.1. The van der Waals surface area contributed by atoms with Crippen LogP contribution in [-0.4, -0.2) is 59.8 Å². The summed E-state index contributed by atoms with van der Waals surface area (Å²) in [4.78, 5) is 0. The molecule has 1 fully saturated rings. The quantitative estimate of drug-likeness (QED) is 0.175. The van der Waals surface area contributed by atoms with Gasteiger partial charge in [-0.25, -0.2) is 9.02 Å². The molecule has 3 rings (SSSR count). The second-order valence-corrected chi connectivity index (χ2v) is 10.7. The summed E-state index contributed by atoms with van der Waals surface area (Å²) in [5, 5.41) is 26.2. The van der Waals surface area contributed by atoms with Gasteiger partial charge >= 0.3 is 0 Å². The van der Waals surface area contributed by atoms with Crippen molar-refractivity contribution >= 4 is 43.5 Å². The lowest BCUT2D eigenvalue weighted by molar-refractivity contribution is 0.304. The third kappa shape index (κ3) is 5.74. The van der Waals surface area contributed by atoms with Crippen LogP contribution < -0.4 is 15.4 Å². The topological polar surface area (TPSA) is 145 Å². The lowest BCUT2D eigenvalue weighted by Gasteiger charge is -2.25. The number of hydrogen-bond donors (Lipinski definition) is 4. The number of halogens is 2. The summed E-state index contributed by atoms with van der Waals surface area (Å²) < 4.78 is 47.4. The van der Waals surface area contributed by atoms with Crippen molar-refractivity contribution in [1.82, 2.24) is 19.3 Å². The van der Waals surface area contributed by atoms with Crippen LogP contribution in [0, 0.1) is 11.2 Å². The van der Waals surface area contributed by atoms with Gasteiger partial charge < -0.3 is 15.8 Å². The molecule has 0 amide bonds. The van der Waals surface area contributed by atoms with Gasteiger partial charge in [-0.3, -0.25) is 0 Å². The summed E-state index contributed by atoms with van der Waals surface area (Å²) in [5.74, 6) is -0.281. The zero-order chi connectivity index (χ0) is 23.5. The monoisotopic (exact) mass is 533 g/mol. The van der Waals surface area contributed by atoms with Gasteiger partial charge in [0.05, 0.1) is 4.47 Å². The molecule has 0 aliphatic carbocycles. The molecule has 1 aromatic heterocycles. The number of hydrogen-bond acceptors (Lipinski definition) is 8. The number of nitrogens with one attached hydrogen (secondary N) is 3. The molecule has 2 aromatic rings. The highest BCUT2D eigenvalue weighted by atomic mass is 79.9. The first kappa shape index (κ1) is 24.4. The maximum atomic E-state index is 13.5. The highest BCUT2D eigenvalue weighted by Gasteiger charge is 2.39. The van der Waals surface area contributed by atoms with Crippen LogP contribution in [0.1, 0.15) is 32.9 Å². The zero-order valence-electron chi connectivity index (χ0n) is 17.8. The molecule has 32 heavy (non-hydrogen) atoms. The van der Waals surface area contributed by atoms with E-state index in [1.165, 1.54) is 22.5 Å². The van der Waals surface area contributed by atoms with Crippen molar-refractivity contribution in [3.05, 3.63) is 34.2 Å². The number of oxime groups is 1. The minimum atomic E-state index is -3.55. The van der Waals surface area contributed by atoms with Crippen LogP contribution in [-0.2, 0) is 10.2 Å². The zero-order valence-corrected chi connectivity index (χ0v) is 20.2. The fourth-order valence-electron chi connectivity index (χ4n) is 3.30. The summed E-state index contributed by atoms with van der Waals surface area (Å²) in [6, 6.07) is 3.99. The van der Waals surface area contributed by atoms with Crippen LogP contribution >= 0.6 is 15.9 Å². The highest BCUT2D eigenvalue weighted by molar-refractivity contribution is 9.10. The number of aromatic nitrogens is 2. The van der Waals surface area contributed by atoms with Crippen LogP contribution in [0.3, 0.4) is 0 Å². The van der Waals surface area contributed by atoms with Gasteiger partial charge in [0, 0.05) is 31.4 Å². The van der Waals surface area contributed by atoms with Gasteiger partial charge in [0.1, 0.15) is 5.82 Å². The van der Waals surface area contributed by atoms with Gasteiger partial charge in [-0.1, -0.05) is 12.1 Å². The van der Waals surface area contributed by atoms with E-state index in [1.54, 1.807) is 13.8 Å². The molecule has 0 bridgehead atoms. The van der Waals surface area contributed by atoms with E-state index in [0.717, 1.165) is 0 Å². The van der Waals surface area contributed by atoms with Crippen LogP contribution in [0.2, 0.25) is 0 Å². The average Bonchev–Trinajstić information content (AvgIpc) is 3.34. The van der Waals surface area contributed by atoms with Crippen molar-refractivity contribution in [2.45, 2.75) is 33.2 Å². The molecule has 1 aromatic carbocycles. The molecule has 4 N–H and O–H groups in total. The fraction of sp³-hybridized carbons (Fsp3) is 0.500. The van der Waals surface area contributed by atoms with Gasteiger partial charge in [-0.2, -0.15) is 17.4 Å². The molecule has 176 valence electrons. The predicted octanol–water partition coefficient (Wildman–Crippen LogP) is 2.59. The second kappa shape index (κ2) is 9.68. The molecule has 1 atom stereocenters. The number of amidine groups is 1. The molecule has 0 spiro atoms. The fourth-order valence-corrected chi connectivity index (χ4v) is 5.24. The largest absolute Gasteiger partial charge is 0.409 e. The first-order valence-corrected chi connectivity index (χ1v) is 12.0. The second-order valence-electron chi connectivity index (χ2n) is 8.19. The van der Waals surface area contributed by atoms with E-state index in [9.17, 15) is 18.0 Å². The lowest BCUT2D eigenvalue weighted by atomic mass is 9.90. The van der Waals surface area contributed by atoms with Crippen LogP contribution in [0.15, 0.2) is 32.5 Å².